The molecule has 0 fully saturated rings. The van der Waals surface area contributed by atoms with Crippen LogP contribution in [0.25, 0.3) is 0 Å². The van der Waals surface area contributed by atoms with Gasteiger partial charge in [-0.25, -0.2) is 14.6 Å². The Morgan fingerprint density at radius 3 is 2.50 bits per heavy atom. The predicted octanol–water partition coefficient (Wildman–Crippen LogP) is 2.91. The van der Waals surface area contributed by atoms with Crippen LogP contribution in [0, 0.1) is 10.1 Å². The molecular weight excluding hydrogens is 386 g/mol. The summed E-state index contributed by atoms with van der Waals surface area (Å²) in [4.78, 5) is 41.9. The largest absolute Gasteiger partial charge is 0.466 e. The maximum Gasteiger partial charge on any atom is 0.346 e. The summed E-state index contributed by atoms with van der Waals surface area (Å²) in [5, 5.41) is 11.7. The minimum atomic E-state index is -0.727. The molecule has 0 saturated heterocycles. The Kier molecular flexibility index (Phi) is 5.23. The van der Waals surface area contributed by atoms with Crippen molar-refractivity contribution < 1.29 is 24.0 Å². The van der Waals surface area contributed by atoms with Crippen LogP contribution in [-0.2, 0) is 19.1 Å². The quantitative estimate of drug-likeness (QED) is 0.429. The predicted molar refractivity (Wildman–Crippen MR) is 102 cm³/mol. The number of thioether (sulfide) groups is 1. The van der Waals surface area contributed by atoms with E-state index >= 15 is 0 Å². The third-order valence-electron chi connectivity index (χ3n) is 4.45. The van der Waals surface area contributed by atoms with E-state index in [0.717, 1.165) is 11.8 Å². The van der Waals surface area contributed by atoms with Crippen molar-refractivity contribution in [3.63, 3.8) is 0 Å². The van der Waals surface area contributed by atoms with E-state index in [1.807, 2.05) is 0 Å². The van der Waals surface area contributed by atoms with Crippen molar-refractivity contribution >= 4 is 34.6 Å². The van der Waals surface area contributed by atoms with E-state index in [-0.39, 0.29) is 11.3 Å². The van der Waals surface area contributed by atoms with Crippen LogP contribution < -0.4 is 0 Å². The fraction of sp³-hybridized carbons (Fsp3) is 0.278. The van der Waals surface area contributed by atoms with E-state index in [9.17, 15) is 19.7 Å². The molecular formula is C18H17N3O6S. The monoisotopic (exact) mass is 403 g/mol. The lowest BCUT2D eigenvalue weighted by Crippen LogP contribution is -2.36. The van der Waals surface area contributed by atoms with Crippen molar-refractivity contribution in [2.75, 3.05) is 14.2 Å². The fourth-order valence-electron chi connectivity index (χ4n) is 3.15. The average Bonchev–Trinajstić information content (AvgIpc) is 3.01. The number of amidine groups is 1. The Hall–Kier alpha value is -3.14. The van der Waals surface area contributed by atoms with Gasteiger partial charge in [-0.3, -0.25) is 10.1 Å². The lowest BCUT2D eigenvalue weighted by molar-refractivity contribution is -0.384. The number of nitro benzene ring substituents is 1. The smallest absolute Gasteiger partial charge is 0.346 e. The highest BCUT2D eigenvalue weighted by molar-refractivity contribution is 8.18. The van der Waals surface area contributed by atoms with E-state index in [4.69, 9.17) is 9.47 Å². The van der Waals surface area contributed by atoms with Gasteiger partial charge in [0.05, 0.1) is 36.5 Å². The number of nitrogens with zero attached hydrogens (tertiary/aromatic N) is 3. The summed E-state index contributed by atoms with van der Waals surface area (Å²) in [6.07, 6.45) is 0. The summed E-state index contributed by atoms with van der Waals surface area (Å²) in [6, 6.07) is 5.28. The third kappa shape index (κ3) is 3.15. The van der Waals surface area contributed by atoms with Crippen LogP contribution in [0.1, 0.15) is 25.5 Å². The molecule has 0 aromatic heterocycles. The normalized spacial score (nSPS) is 18.6. The number of rotatable bonds is 4. The first-order valence-corrected chi connectivity index (χ1v) is 9.00. The molecule has 0 saturated carbocycles. The Balaban J connectivity index is 2.22. The molecule has 0 amide bonds. The van der Waals surface area contributed by atoms with Gasteiger partial charge in [0.2, 0.25) is 0 Å². The van der Waals surface area contributed by atoms with Gasteiger partial charge in [0, 0.05) is 17.8 Å². The van der Waals surface area contributed by atoms with Crippen molar-refractivity contribution in [2.24, 2.45) is 4.99 Å². The molecule has 10 heteroatoms. The molecule has 2 aliphatic heterocycles. The number of benzene rings is 1. The number of nitro groups is 1. The van der Waals surface area contributed by atoms with Crippen LogP contribution in [-0.4, -0.2) is 41.1 Å². The summed E-state index contributed by atoms with van der Waals surface area (Å²) in [5.41, 5.74) is 1.61. The number of carbonyl (C=O) groups excluding carboxylic acids is 2. The third-order valence-corrected chi connectivity index (χ3v) is 5.58. The Morgan fingerprint density at radius 1 is 1.21 bits per heavy atom. The van der Waals surface area contributed by atoms with Gasteiger partial charge in [0.25, 0.3) is 5.69 Å². The van der Waals surface area contributed by atoms with Gasteiger partial charge in [0.15, 0.2) is 5.17 Å². The molecule has 2 aliphatic rings. The van der Waals surface area contributed by atoms with Crippen LogP contribution in [0.15, 0.2) is 51.1 Å². The number of non-ortho nitro benzene ring substituents is 1. The standard InChI is InChI=1S/C18H17N3O6S/c1-9-13(16(22)26-3)14(11-6-5-7-12(8-11)21(24)25)20-10(2)15(17(23)27-4)28-18(20)19-9/h5-8,14H,1-4H3/t14-/m0/s1. The molecule has 146 valence electrons. The highest BCUT2D eigenvalue weighted by Gasteiger charge is 2.43. The first-order valence-electron chi connectivity index (χ1n) is 8.18. The van der Waals surface area contributed by atoms with E-state index < -0.39 is 22.9 Å². The fourth-order valence-corrected chi connectivity index (χ4v) is 4.27. The van der Waals surface area contributed by atoms with Crippen molar-refractivity contribution in [1.82, 2.24) is 4.90 Å². The number of allylic oxidation sites excluding steroid dienone is 2. The van der Waals surface area contributed by atoms with Crippen molar-refractivity contribution in [3.8, 4) is 0 Å². The first-order chi connectivity index (χ1) is 13.3. The zero-order valence-electron chi connectivity index (χ0n) is 15.6. The summed E-state index contributed by atoms with van der Waals surface area (Å²) in [5.74, 6) is -1.12. The molecule has 0 aliphatic carbocycles. The molecule has 1 aromatic rings. The highest BCUT2D eigenvalue weighted by Crippen LogP contribution is 2.47. The highest BCUT2D eigenvalue weighted by atomic mass is 32.2. The Bertz CT molecular complexity index is 981. The van der Waals surface area contributed by atoms with Gasteiger partial charge < -0.3 is 14.4 Å². The van der Waals surface area contributed by atoms with E-state index in [2.05, 4.69) is 4.99 Å². The number of ether oxygens (including phenoxy) is 2. The Morgan fingerprint density at radius 2 is 1.89 bits per heavy atom. The van der Waals surface area contributed by atoms with Gasteiger partial charge in [-0.1, -0.05) is 12.1 Å². The molecule has 0 unspecified atom stereocenters. The maximum absolute atomic E-state index is 12.5. The van der Waals surface area contributed by atoms with Crippen LogP contribution in [0.4, 0.5) is 5.69 Å². The van der Waals surface area contributed by atoms with Gasteiger partial charge in [0.1, 0.15) is 4.91 Å². The minimum absolute atomic E-state index is 0.106. The number of fused-ring (bicyclic) bond motifs is 1. The summed E-state index contributed by atoms with van der Waals surface area (Å²) < 4.78 is 9.76. The van der Waals surface area contributed by atoms with E-state index in [0.29, 0.717) is 27.0 Å². The second-order valence-electron chi connectivity index (χ2n) is 6.02. The summed E-state index contributed by atoms with van der Waals surface area (Å²) in [7, 11) is 2.54. The zero-order chi connectivity index (χ0) is 20.6. The number of methoxy groups -OCH3 is 2. The maximum atomic E-state index is 12.5. The molecule has 28 heavy (non-hydrogen) atoms. The molecule has 9 nitrogen and oxygen atoms in total. The van der Waals surface area contributed by atoms with Crippen LogP contribution in [0.5, 0.6) is 0 Å². The van der Waals surface area contributed by atoms with Gasteiger partial charge in [-0.15, -0.1) is 0 Å². The van der Waals surface area contributed by atoms with Crippen molar-refractivity contribution in [1.29, 1.82) is 0 Å². The molecule has 2 heterocycles. The van der Waals surface area contributed by atoms with Gasteiger partial charge >= 0.3 is 11.9 Å². The SMILES string of the molecule is COC(=O)C1=C(C)N2C(=NC(C)=C(C(=O)OC)[C@@H]2c2cccc([N+](=O)[O-])c2)S1. The average molecular weight is 403 g/mol. The molecule has 0 bridgehead atoms. The molecule has 1 atom stereocenters. The number of carbonyl (C=O) groups is 2. The van der Waals surface area contributed by atoms with E-state index in [1.54, 1.807) is 30.9 Å². The van der Waals surface area contributed by atoms with Crippen LogP contribution >= 0.6 is 11.8 Å². The molecule has 0 radical (unpaired) electrons. The molecule has 0 spiro atoms. The number of hydrogen-bond donors (Lipinski definition) is 0. The van der Waals surface area contributed by atoms with Gasteiger partial charge in [-0.2, -0.15) is 0 Å². The zero-order valence-corrected chi connectivity index (χ0v) is 16.4. The molecule has 3 rings (SSSR count). The number of esters is 2. The second kappa shape index (κ2) is 7.47. The van der Waals surface area contributed by atoms with Crippen molar-refractivity contribution in [2.45, 2.75) is 19.9 Å². The van der Waals surface area contributed by atoms with Crippen molar-refractivity contribution in [3.05, 3.63) is 61.8 Å². The number of aliphatic imine (C=N–C) groups is 1. The second-order valence-corrected chi connectivity index (χ2v) is 7.00. The van der Waals surface area contributed by atoms with E-state index in [1.165, 1.54) is 26.4 Å². The Labute approximate surface area is 164 Å². The van der Waals surface area contributed by atoms with Crippen LogP contribution in [0.3, 0.4) is 0 Å². The van der Waals surface area contributed by atoms with Crippen LogP contribution in [0.2, 0.25) is 0 Å². The van der Waals surface area contributed by atoms with Gasteiger partial charge in [-0.05, 0) is 31.2 Å². The first kappa shape index (κ1) is 19.6. The lowest BCUT2D eigenvalue weighted by atomic mass is 9.94. The summed E-state index contributed by atoms with van der Waals surface area (Å²) >= 11 is 1.13. The minimum Gasteiger partial charge on any atom is -0.466 e. The lowest BCUT2D eigenvalue weighted by Gasteiger charge is -2.35. The molecule has 0 N–H and O–H groups in total. The number of hydrogen-bond acceptors (Lipinski definition) is 9. The molecule has 1 aromatic carbocycles. The topological polar surface area (TPSA) is 111 Å². The summed E-state index contributed by atoms with van der Waals surface area (Å²) in [6.45, 7) is 3.37.